The van der Waals surface area contributed by atoms with E-state index in [9.17, 15) is 13.2 Å². The number of aliphatic imine (C=N–C) groups is 1. The zero-order chi connectivity index (χ0) is 11.5. The second kappa shape index (κ2) is 4.72. The number of halogens is 3. The average Bonchev–Trinajstić information content (AvgIpc) is 2.14. The molecule has 1 unspecified atom stereocenters. The Labute approximate surface area is 87.4 Å². The van der Waals surface area contributed by atoms with Gasteiger partial charge in [0.1, 0.15) is 0 Å². The maximum absolute atomic E-state index is 12.2. The SMILES string of the molecule is CC(CNC1=NCCCN1C)C(F)(F)F. The Kier molecular flexibility index (Phi) is 3.82. The van der Waals surface area contributed by atoms with Gasteiger partial charge >= 0.3 is 6.18 Å². The summed E-state index contributed by atoms with van der Waals surface area (Å²) in [6, 6.07) is 0. The van der Waals surface area contributed by atoms with Gasteiger partial charge in [0.15, 0.2) is 5.96 Å². The van der Waals surface area contributed by atoms with Crippen molar-refractivity contribution < 1.29 is 13.2 Å². The first-order chi connectivity index (χ1) is 6.91. The number of alkyl halides is 3. The largest absolute Gasteiger partial charge is 0.393 e. The number of nitrogens with zero attached hydrogens (tertiary/aromatic N) is 2. The highest BCUT2D eigenvalue weighted by molar-refractivity contribution is 5.80. The van der Waals surface area contributed by atoms with E-state index in [1.807, 2.05) is 11.9 Å². The Morgan fingerprint density at radius 3 is 2.73 bits per heavy atom. The summed E-state index contributed by atoms with van der Waals surface area (Å²) >= 11 is 0. The van der Waals surface area contributed by atoms with E-state index in [1.54, 1.807) is 0 Å². The molecule has 3 nitrogen and oxygen atoms in total. The van der Waals surface area contributed by atoms with Gasteiger partial charge in [-0.15, -0.1) is 0 Å². The molecular formula is C9H16F3N3. The van der Waals surface area contributed by atoms with Crippen LogP contribution in [0.5, 0.6) is 0 Å². The van der Waals surface area contributed by atoms with Crippen LogP contribution in [0.4, 0.5) is 13.2 Å². The van der Waals surface area contributed by atoms with Crippen molar-refractivity contribution in [1.82, 2.24) is 10.2 Å². The lowest BCUT2D eigenvalue weighted by Crippen LogP contribution is -2.45. The summed E-state index contributed by atoms with van der Waals surface area (Å²) in [5.74, 6) is -0.784. The van der Waals surface area contributed by atoms with Crippen LogP contribution in [0, 0.1) is 5.92 Å². The normalized spacial score (nSPS) is 19.8. The molecule has 0 saturated carbocycles. The van der Waals surface area contributed by atoms with Crippen molar-refractivity contribution in [3.05, 3.63) is 0 Å². The second-order valence-electron chi connectivity index (χ2n) is 3.80. The minimum atomic E-state index is -4.14. The Morgan fingerprint density at radius 1 is 1.53 bits per heavy atom. The summed E-state index contributed by atoms with van der Waals surface area (Å²) in [5, 5.41) is 2.73. The van der Waals surface area contributed by atoms with E-state index < -0.39 is 12.1 Å². The van der Waals surface area contributed by atoms with Crippen LogP contribution in [0.1, 0.15) is 13.3 Å². The summed E-state index contributed by atoms with van der Waals surface area (Å²) in [6.45, 7) is 2.57. The van der Waals surface area contributed by atoms with Crippen LogP contribution in [0.2, 0.25) is 0 Å². The van der Waals surface area contributed by atoms with Gasteiger partial charge < -0.3 is 10.2 Å². The molecule has 0 saturated heterocycles. The van der Waals surface area contributed by atoms with Gasteiger partial charge in [-0.2, -0.15) is 13.2 Å². The number of guanidine groups is 1. The van der Waals surface area contributed by atoms with Gasteiger partial charge in [0, 0.05) is 26.7 Å². The molecular weight excluding hydrogens is 207 g/mol. The van der Waals surface area contributed by atoms with Gasteiger partial charge in [0.2, 0.25) is 0 Å². The van der Waals surface area contributed by atoms with Crippen LogP contribution in [-0.4, -0.2) is 43.7 Å². The Balaban J connectivity index is 2.39. The molecule has 1 aliphatic heterocycles. The molecule has 0 radical (unpaired) electrons. The van der Waals surface area contributed by atoms with E-state index in [0.29, 0.717) is 12.5 Å². The molecule has 0 aromatic rings. The molecule has 6 heteroatoms. The third-order valence-electron chi connectivity index (χ3n) is 2.40. The van der Waals surface area contributed by atoms with E-state index in [1.165, 1.54) is 0 Å². The van der Waals surface area contributed by atoms with E-state index >= 15 is 0 Å². The summed E-state index contributed by atoms with van der Waals surface area (Å²) < 4.78 is 36.6. The van der Waals surface area contributed by atoms with Gasteiger partial charge in [-0.3, -0.25) is 4.99 Å². The monoisotopic (exact) mass is 223 g/mol. The van der Waals surface area contributed by atoms with Crippen LogP contribution in [0.3, 0.4) is 0 Å². The molecule has 0 aromatic heterocycles. The zero-order valence-corrected chi connectivity index (χ0v) is 8.93. The number of rotatable bonds is 2. The third-order valence-corrected chi connectivity index (χ3v) is 2.40. The van der Waals surface area contributed by atoms with E-state index in [2.05, 4.69) is 10.3 Å². The lowest BCUT2D eigenvalue weighted by molar-refractivity contribution is -0.167. The van der Waals surface area contributed by atoms with Crippen molar-refractivity contribution in [3.63, 3.8) is 0 Å². The summed E-state index contributed by atoms with van der Waals surface area (Å²) in [7, 11) is 1.82. The summed E-state index contributed by atoms with van der Waals surface area (Å²) in [4.78, 5) is 5.97. The lowest BCUT2D eigenvalue weighted by Gasteiger charge is -2.27. The van der Waals surface area contributed by atoms with Gasteiger partial charge in [0.25, 0.3) is 0 Å². The molecule has 0 aliphatic carbocycles. The topological polar surface area (TPSA) is 27.6 Å². The predicted octanol–water partition coefficient (Wildman–Crippen LogP) is 1.47. The first kappa shape index (κ1) is 12.1. The molecule has 1 N–H and O–H groups in total. The average molecular weight is 223 g/mol. The third kappa shape index (κ3) is 3.60. The maximum Gasteiger partial charge on any atom is 0.393 e. The fraction of sp³-hybridized carbons (Fsp3) is 0.889. The summed E-state index contributed by atoms with van der Waals surface area (Å²) in [6.07, 6.45) is -3.18. The van der Waals surface area contributed by atoms with Crippen molar-refractivity contribution in [1.29, 1.82) is 0 Å². The van der Waals surface area contributed by atoms with Crippen LogP contribution >= 0.6 is 0 Å². The first-order valence-corrected chi connectivity index (χ1v) is 4.97. The molecule has 0 spiro atoms. The molecule has 0 aromatic carbocycles. The molecule has 1 heterocycles. The molecule has 1 aliphatic rings. The zero-order valence-electron chi connectivity index (χ0n) is 8.93. The Morgan fingerprint density at radius 2 is 2.20 bits per heavy atom. The highest BCUT2D eigenvalue weighted by atomic mass is 19.4. The quantitative estimate of drug-likeness (QED) is 0.767. The smallest absolute Gasteiger partial charge is 0.356 e. The van der Waals surface area contributed by atoms with Gasteiger partial charge in [-0.1, -0.05) is 6.92 Å². The molecule has 0 amide bonds. The number of hydrogen-bond acceptors (Lipinski definition) is 3. The molecule has 1 atom stereocenters. The maximum atomic E-state index is 12.2. The highest BCUT2D eigenvalue weighted by Crippen LogP contribution is 2.24. The highest BCUT2D eigenvalue weighted by Gasteiger charge is 2.35. The Hall–Kier alpha value is -0.940. The second-order valence-corrected chi connectivity index (χ2v) is 3.80. The minimum absolute atomic E-state index is 0.118. The first-order valence-electron chi connectivity index (χ1n) is 4.97. The van der Waals surface area contributed by atoms with Crippen molar-refractivity contribution >= 4 is 5.96 Å². The van der Waals surface area contributed by atoms with Gasteiger partial charge in [-0.05, 0) is 6.42 Å². The molecule has 15 heavy (non-hydrogen) atoms. The minimum Gasteiger partial charge on any atom is -0.356 e. The fourth-order valence-electron chi connectivity index (χ4n) is 1.27. The van der Waals surface area contributed by atoms with Crippen molar-refractivity contribution in [2.75, 3.05) is 26.7 Å². The van der Waals surface area contributed by atoms with Gasteiger partial charge in [-0.25, -0.2) is 0 Å². The van der Waals surface area contributed by atoms with E-state index in [-0.39, 0.29) is 6.54 Å². The van der Waals surface area contributed by atoms with Crippen LogP contribution < -0.4 is 5.32 Å². The van der Waals surface area contributed by atoms with Gasteiger partial charge in [0.05, 0.1) is 5.92 Å². The lowest BCUT2D eigenvalue weighted by atomic mass is 10.2. The molecule has 1 rings (SSSR count). The molecule has 88 valence electrons. The molecule has 0 bridgehead atoms. The number of hydrogen-bond donors (Lipinski definition) is 1. The van der Waals surface area contributed by atoms with Crippen molar-refractivity contribution in [3.8, 4) is 0 Å². The van der Waals surface area contributed by atoms with E-state index in [4.69, 9.17) is 0 Å². The van der Waals surface area contributed by atoms with Crippen molar-refractivity contribution in [2.24, 2.45) is 10.9 Å². The van der Waals surface area contributed by atoms with Crippen molar-refractivity contribution in [2.45, 2.75) is 19.5 Å². The summed E-state index contributed by atoms with van der Waals surface area (Å²) in [5.41, 5.74) is 0. The van der Waals surface area contributed by atoms with Crippen LogP contribution in [0.15, 0.2) is 4.99 Å². The Bertz CT molecular complexity index is 237. The predicted molar refractivity (Wildman–Crippen MR) is 52.8 cm³/mol. The fourth-order valence-corrected chi connectivity index (χ4v) is 1.27. The van der Waals surface area contributed by atoms with Crippen LogP contribution in [0.25, 0.3) is 0 Å². The number of nitrogens with one attached hydrogen (secondary N) is 1. The van der Waals surface area contributed by atoms with E-state index in [0.717, 1.165) is 19.9 Å². The van der Waals surface area contributed by atoms with Crippen LogP contribution in [-0.2, 0) is 0 Å². The standard InChI is InChI=1S/C9H16F3N3/c1-7(9(10,11)12)6-14-8-13-4-3-5-15(8)2/h7H,3-6H2,1-2H3,(H,13,14). The molecule has 0 fully saturated rings.